The zero-order valence-corrected chi connectivity index (χ0v) is 12.1. The highest BCUT2D eigenvalue weighted by Crippen LogP contribution is 2.62. The van der Waals surface area contributed by atoms with Crippen LogP contribution in [-0.4, -0.2) is 17.5 Å². The molecule has 0 saturated heterocycles. The molecular weight excluding hydrogens is 240 g/mol. The number of hydrogen-bond acceptors (Lipinski definition) is 3. The molecule has 1 N–H and O–H groups in total. The molecule has 0 bridgehead atoms. The number of non-ortho nitro benzene ring substituents is 1. The second kappa shape index (κ2) is 4.60. The predicted molar refractivity (Wildman–Crippen MR) is 76.2 cm³/mol. The highest BCUT2D eigenvalue weighted by Gasteiger charge is 2.64. The van der Waals surface area contributed by atoms with E-state index in [1.165, 1.54) is 0 Å². The lowest BCUT2D eigenvalue weighted by atomic mass is 10.0. The van der Waals surface area contributed by atoms with Gasteiger partial charge in [0, 0.05) is 18.2 Å². The SMILES string of the molecule is CC1(C)C(NCCc2ccc([N+](=O)[O-])cc2)C1(C)C. The van der Waals surface area contributed by atoms with Gasteiger partial charge in [-0.3, -0.25) is 10.1 Å². The molecule has 1 aliphatic rings. The van der Waals surface area contributed by atoms with E-state index in [1.54, 1.807) is 12.1 Å². The third-order valence-electron chi connectivity index (χ3n) is 4.93. The smallest absolute Gasteiger partial charge is 0.269 e. The minimum absolute atomic E-state index is 0.154. The highest BCUT2D eigenvalue weighted by atomic mass is 16.6. The van der Waals surface area contributed by atoms with E-state index in [-0.39, 0.29) is 10.6 Å². The highest BCUT2D eigenvalue weighted by molar-refractivity contribution is 5.33. The Kier molecular flexibility index (Phi) is 3.39. The fourth-order valence-electron chi connectivity index (χ4n) is 2.85. The summed E-state index contributed by atoms with van der Waals surface area (Å²) < 4.78 is 0. The maximum absolute atomic E-state index is 10.6. The van der Waals surface area contributed by atoms with E-state index >= 15 is 0 Å². The molecule has 0 unspecified atom stereocenters. The lowest BCUT2D eigenvalue weighted by Gasteiger charge is -2.06. The Labute approximate surface area is 114 Å². The predicted octanol–water partition coefficient (Wildman–Crippen LogP) is 3.16. The molecule has 0 aromatic heterocycles. The van der Waals surface area contributed by atoms with E-state index in [1.807, 2.05) is 12.1 Å². The number of benzene rings is 1. The number of nitrogens with zero attached hydrogens (tertiary/aromatic N) is 1. The molecule has 19 heavy (non-hydrogen) atoms. The molecule has 0 spiro atoms. The van der Waals surface area contributed by atoms with E-state index in [2.05, 4.69) is 33.0 Å². The summed E-state index contributed by atoms with van der Waals surface area (Å²) >= 11 is 0. The number of rotatable bonds is 5. The first-order chi connectivity index (χ1) is 8.76. The summed E-state index contributed by atoms with van der Waals surface area (Å²) in [5, 5.41) is 14.1. The van der Waals surface area contributed by atoms with Crippen molar-refractivity contribution >= 4 is 5.69 Å². The molecular formula is C15H22N2O2. The van der Waals surface area contributed by atoms with Crippen molar-refractivity contribution in [3.63, 3.8) is 0 Å². The summed E-state index contributed by atoms with van der Waals surface area (Å²) in [4.78, 5) is 10.2. The van der Waals surface area contributed by atoms with Gasteiger partial charge in [0.15, 0.2) is 0 Å². The summed E-state index contributed by atoms with van der Waals surface area (Å²) in [6.45, 7) is 10.1. The number of nitro groups is 1. The van der Waals surface area contributed by atoms with Gasteiger partial charge in [0.2, 0.25) is 0 Å². The summed E-state index contributed by atoms with van der Waals surface area (Å²) in [6, 6.07) is 7.37. The first-order valence-corrected chi connectivity index (χ1v) is 6.73. The van der Waals surface area contributed by atoms with Crippen molar-refractivity contribution in [2.24, 2.45) is 10.8 Å². The van der Waals surface area contributed by atoms with Crippen LogP contribution in [0.5, 0.6) is 0 Å². The van der Waals surface area contributed by atoms with Crippen LogP contribution in [-0.2, 0) is 6.42 Å². The first kappa shape index (κ1) is 14.0. The third-order valence-corrected chi connectivity index (χ3v) is 4.93. The summed E-state index contributed by atoms with van der Waals surface area (Å²) in [5.74, 6) is 0. The zero-order valence-electron chi connectivity index (χ0n) is 12.1. The van der Waals surface area contributed by atoms with Crippen LogP contribution >= 0.6 is 0 Å². The Balaban J connectivity index is 1.83. The van der Waals surface area contributed by atoms with E-state index in [4.69, 9.17) is 0 Å². The molecule has 0 amide bonds. The maximum Gasteiger partial charge on any atom is 0.269 e. The molecule has 2 rings (SSSR count). The van der Waals surface area contributed by atoms with E-state index in [9.17, 15) is 10.1 Å². The maximum atomic E-state index is 10.6. The monoisotopic (exact) mass is 262 g/mol. The van der Waals surface area contributed by atoms with Gasteiger partial charge in [0.25, 0.3) is 5.69 Å². The Hall–Kier alpha value is -1.42. The number of nitrogens with one attached hydrogen (secondary N) is 1. The molecule has 0 radical (unpaired) electrons. The van der Waals surface area contributed by atoms with E-state index in [0.29, 0.717) is 16.9 Å². The Bertz CT molecular complexity index is 463. The van der Waals surface area contributed by atoms with Crippen molar-refractivity contribution in [1.82, 2.24) is 5.32 Å². The summed E-state index contributed by atoms with van der Waals surface area (Å²) in [5.41, 5.74) is 1.99. The fraction of sp³-hybridized carbons (Fsp3) is 0.600. The van der Waals surface area contributed by atoms with Crippen molar-refractivity contribution in [1.29, 1.82) is 0 Å². The van der Waals surface area contributed by atoms with Crippen molar-refractivity contribution in [2.75, 3.05) is 6.54 Å². The lowest BCUT2D eigenvalue weighted by Crippen LogP contribution is -2.24. The molecule has 1 aromatic carbocycles. The van der Waals surface area contributed by atoms with Gasteiger partial charge >= 0.3 is 0 Å². The Morgan fingerprint density at radius 3 is 2.11 bits per heavy atom. The van der Waals surface area contributed by atoms with Crippen molar-refractivity contribution < 1.29 is 4.92 Å². The molecule has 4 heteroatoms. The molecule has 0 aliphatic heterocycles. The normalized spacial score (nSPS) is 20.2. The second-order valence-electron chi connectivity index (χ2n) is 6.50. The van der Waals surface area contributed by atoms with Crippen LogP contribution < -0.4 is 5.32 Å². The zero-order chi connectivity index (χ0) is 14.3. The second-order valence-corrected chi connectivity index (χ2v) is 6.50. The van der Waals surface area contributed by atoms with Crippen LogP contribution in [0.25, 0.3) is 0 Å². The fourth-order valence-corrected chi connectivity index (χ4v) is 2.85. The topological polar surface area (TPSA) is 55.2 Å². The Morgan fingerprint density at radius 2 is 1.68 bits per heavy atom. The molecule has 1 aliphatic carbocycles. The van der Waals surface area contributed by atoms with Crippen LogP contribution in [0.15, 0.2) is 24.3 Å². The van der Waals surface area contributed by atoms with Gasteiger partial charge < -0.3 is 5.32 Å². The van der Waals surface area contributed by atoms with Gasteiger partial charge in [-0.1, -0.05) is 39.8 Å². The van der Waals surface area contributed by atoms with Gasteiger partial charge in [-0.15, -0.1) is 0 Å². The van der Waals surface area contributed by atoms with Crippen LogP contribution in [0.3, 0.4) is 0 Å². The van der Waals surface area contributed by atoms with Crippen LogP contribution in [0.2, 0.25) is 0 Å². The average molecular weight is 262 g/mol. The molecule has 0 atom stereocenters. The molecule has 0 heterocycles. The standard InChI is InChI=1S/C15H22N2O2/c1-14(2)13(15(14,3)4)16-10-9-11-5-7-12(8-6-11)17(18)19/h5-8,13,16H,9-10H2,1-4H3. The van der Waals surface area contributed by atoms with Crippen molar-refractivity contribution in [2.45, 2.75) is 40.2 Å². The van der Waals surface area contributed by atoms with Crippen LogP contribution in [0.1, 0.15) is 33.3 Å². The minimum atomic E-state index is -0.364. The summed E-state index contributed by atoms with van der Waals surface area (Å²) in [7, 11) is 0. The molecule has 1 aromatic rings. The molecule has 1 fully saturated rings. The molecule has 4 nitrogen and oxygen atoms in total. The summed E-state index contributed by atoms with van der Waals surface area (Å²) in [6.07, 6.45) is 0.903. The molecule has 104 valence electrons. The van der Waals surface area contributed by atoms with E-state index < -0.39 is 0 Å². The van der Waals surface area contributed by atoms with Gasteiger partial charge in [0.1, 0.15) is 0 Å². The van der Waals surface area contributed by atoms with Gasteiger partial charge in [0.05, 0.1) is 4.92 Å². The van der Waals surface area contributed by atoms with Crippen molar-refractivity contribution in [3.8, 4) is 0 Å². The van der Waals surface area contributed by atoms with Gasteiger partial charge in [-0.05, 0) is 29.4 Å². The van der Waals surface area contributed by atoms with Crippen LogP contribution in [0.4, 0.5) is 5.69 Å². The number of nitro benzene ring substituents is 1. The largest absolute Gasteiger partial charge is 0.313 e. The van der Waals surface area contributed by atoms with E-state index in [0.717, 1.165) is 18.5 Å². The Morgan fingerprint density at radius 1 is 1.16 bits per heavy atom. The third kappa shape index (κ3) is 2.50. The molecule has 1 saturated carbocycles. The van der Waals surface area contributed by atoms with Crippen molar-refractivity contribution in [3.05, 3.63) is 39.9 Å². The lowest BCUT2D eigenvalue weighted by molar-refractivity contribution is -0.384. The average Bonchev–Trinajstić information content (AvgIpc) is 2.72. The first-order valence-electron chi connectivity index (χ1n) is 6.73. The minimum Gasteiger partial charge on any atom is -0.313 e. The van der Waals surface area contributed by atoms with Crippen LogP contribution in [0, 0.1) is 20.9 Å². The van der Waals surface area contributed by atoms with Gasteiger partial charge in [-0.2, -0.15) is 0 Å². The number of hydrogen-bond donors (Lipinski definition) is 1. The van der Waals surface area contributed by atoms with Gasteiger partial charge in [-0.25, -0.2) is 0 Å². The quantitative estimate of drug-likeness (QED) is 0.655.